The van der Waals surface area contributed by atoms with E-state index < -0.39 is 10.0 Å². The minimum absolute atomic E-state index is 0.0513. The third-order valence-corrected chi connectivity index (χ3v) is 7.79. The van der Waals surface area contributed by atoms with Gasteiger partial charge in [0, 0.05) is 23.7 Å². The minimum Gasteiger partial charge on any atom is -0.326 e. The van der Waals surface area contributed by atoms with Crippen molar-refractivity contribution in [1.29, 1.82) is 0 Å². The summed E-state index contributed by atoms with van der Waals surface area (Å²) in [5, 5.41) is 2.64. The molecule has 0 radical (unpaired) electrons. The Kier molecular flexibility index (Phi) is 5.74. The van der Waals surface area contributed by atoms with E-state index in [-0.39, 0.29) is 22.4 Å². The van der Waals surface area contributed by atoms with E-state index in [1.54, 1.807) is 31.2 Å². The van der Waals surface area contributed by atoms with E-state index in [9.17, 15) is 17.6 Å². The van der Waals surface area contributed by atoms with Crippen molar-refractivity contribution < 1.29 is 17.6 Å². The Morgan fingerprint density at radius 1 is 1.19 bits per heavy atom. The van der Waals surface area contributed by atoms with Gasteiger partial charge in [-0.25, -0.2) is 12.8 Å². The molecule has 1 saturated heterocycles. The molecule has 8 heteroatoms. The molecule has 1 fully saturated rings. The maximum absolute atomic E-state index is 13.5. The molecule has 2 heterocycles. The number of sulfonamides is 1. The molecule has 2 aromatic rings. The third-order valence-electron chi connectivity index (χ3n) is 4.34. The van der Waals surface area contributed by atoms with Crippen LogP contribution in [0.4, 0.5) is 10.1 Å². The molecule has 0 spiro atoms. The lowest BCUT2D eigenvalue weighted by Gasteiger charge is -2.25. The number of amides is 1. The fraction of sp³-hybridized carbons (Fsp3) is 0.389. The lowest BCUT2D eigenvalue weighted by Crippen LogP contribution is -2.35. The number of carbonyl (C=O) groups is 1. The Labute approximate surface area is 156 Å². The highest BCUT2D eigenvalue weighted by atomic mass is 32.2. The average Bonchev–Trinajstić information content (AvgIpc) is 3.08. The Bertz CT molecular complexity index is 903. The van der Waals surface area contributed by atoms with Crippen molar-refractivity contribution in [3.8, 4) is 0 Å². The number of anilines is 1. The molecule has 1 aromatic heterocycles. The summed E-state index contributed by atoms with van der Waals surface area (Å²) in [7, 11) is -3.48. The first-order valence-corrected chi connectivity index (χ1v) is 10.8. The highest BCUT2D eigenvalue weighted by Crippen LogP contribution is 2.27. The van der Waals surface area contributed by atoms with Gasteiger partial charge < -0.3 is 5.32 Å². The van der Waals surface area contributed by atoms with Gasteiger partial charge in [-0.15, -0.1) is 11.3 Å². The van der Waals surface area contributed by atoms with Crippen LogP contribution in [0.15, 0.2) is 34.5 Å². The highest BCUT2D eigenvalue weighted by Gasteiger charge is 2.27. The zero-order chi connectivity index (χ0) is 18.7. The van der Waals surface area contributed by atoms with E-state index >= 15 is 0 Å². The summed E-state index contributed by atoms with van der Waals surface area (Å²) < 4.78 is 40.6. The van der Waals surface area contributed by atoms with Crippen molar-refractivity contribution in [3.05, 3.63) is 46.6 Å². The number of rotatable bonds is 5. The topological polar surface area (TPSA) is 66.5 Å². The first-order chi connectivity index (χ1) is 12.4. The quantitative estimate of drug-likeness (QED) is 0.840. The second-order valence-electron chi connectivity index (χ2n) is 6.37. The maximum atomic E-state index is 13.5. The van der Waals surface area contributed by atoms with Gasteiger partial charge >= 0.3 is 0 Å². The molecule has 5 nitrogen and oxygen atoms in total. The second kappa shape index (κ2) is 7.85. The van der Waals surface area contributed by atoms with Crippen molar-refractivity contribution in [2.75, 3.05) is 18.4 Å². The summed E-state index contributed by atoms with van der Waals surface area (Å²) in [5.41, 5.74) is 0.893. The van der Waals surface area contributed by atoms with Crippen molar-refractivity contribution in [2.45, 2.75) is 36.8 Å². The van der Waals surface area contributed by atoms with Crippen molar-refractivity contribution in [3.63, 3.8) is 0 Å². The van der Waals surface area contributed by atoms with Crippen LogP contribution in [0.2, 0.25) is 0 Å². The Hall–Kier alpha value is -1.77. The number of nitrogens with zero attached hydrogens (tertiary/aromatic N) is 1. The fourth-order valence-corrected chi connectivity index (χ4v) is 5.88. The fourth-order valence-electron chi connectivity index (χ4n) is 2.86. The lowest BCUT2D eigenvalue weighted by molar-refractivity contribution is -0.115. The van der Waals surface area contributed by atoms with Gasteiger partial charge in [-0.2, -0.15) is 4.31 Å². The minimum atomic E-state index is -3.48. The Morgan fingerprint density at radius 2 is 1.92 bits per heavy atom. The molecule has 0 saturated carbocycles. The summed E-state index contributed by atoms with van der Waals surface area (Å²) in [6, 6.07) is 7.73. The Balaban J connectivity index is 1.65. The van der Waals surface area contributed by atoms with Gasteiger partial charge in [0.05, 0.1) is 6.42 Å². The molecule has 0 unspecified atom stereocenters. The molecule has 3 rings (SSSR count). The number of thiophene rings is 1. The molecule has 140 valence electrons. The predicted molar refractivity (Wildman–Crippen MR) is 100 cm³/mol. The van der Waals surface area contributed by atoms with Crippen LogP contribution in [-0.4, -0.2) is 31.7 Å². The van der Waals surface area contributed by atoms with E-state index in [0.29, 0.717) is 29.2 Å². The number of piperidine rings is 1. The number of hydrogen-bond acceptors (Lipinski definition) is 4. The van der Waals surface area contributed by atoms with Crippen LogP contribution < -0.4 is 5.32 Å². The van der Waals surface area contributed by atoms with Crippen LogP contribution in [0, 0.1) is 12.7 Å². The molecule has 1 N–H and O–H groups in total. The molecular formula is C18H21FN2O3S2. The van der Waals surface area contributed by atoms with Crippen molar-refractivity contribution >= 4 is 33.0 Å². The lowest BCUT2D eigenvalue weighted by atomic mass is 10.2. The first kappa shape index (κ1) is 19.0. The summed E-state index contributed by atoms with van der Waals surface area (Å²) in [4.78, 5) is 12.8. The summed E-state index contributed by atoms with van der Waals surface area (Å²) in [6.45, 7) is 2.75. The number of aryl methyl sites for hydroxylation is 1. The smallest absolute Gasteiger partial charge is 0.252 e. The summed E-state index contributed by atoms with van der Waals surface area (Å²) in [6.07, 6.45) is 2.87. The SMILES string of the molecule is Cc1ccc(NC(=O)Cc2ccc(S(=O)(=O)N3CCCCC3)s2)cc1F. The summed E-state index contributed by atoms with van der Waals surface area (Å²) >= 11 is 1.11. The third kappa shape index (κ3) is 4.31. The largest absolute Gasteiger partial charge is 0.326 e. The van der Waals surface area contributed by atoms with E-state index in [2.05, 4.69) is 5.32 Å². The first-order valence-electron chi connectivity index (χ1n) is 8.51. The van der Waals surface area contributed by atoms with Gasteiger partial charge in [0.2, 0.25) is 5.91 Å². The zero-order valence-corrected chi connectivity index (χ0v) is 16.1. The number of halogens is 1. The maximum Gasteiger partial charge on any atom is 0.252 e. The van der Waals surface area contributed by atoms with Crippen LogP contribution in [0.5, 0.6) is 0 Å². The summed E-state index contributed by atoms with van der Waals surface area (Å²) in [5.74, 6) is -0.689. The van der Waals surface area contributed by atoms with Crippen LogP contribution in [-0.2, 0) is 21.2 Å². The second-order valence-corrected chi connectivity index (χ2v) is 9.71. The molecule has 1 amide bonds. The highest BCUT2D eigenvalue weighted by molar-refractivity contribution is 7.91. The molecule has 0 aliphatic carbocycles. The van der Waals surface area contributed by atoms with Gasteiger partial charge in [0.1, 0.15) is 10.0 Å². The molecule has 1 aliphatic rings. The van der Waals surface area contributed by atoms with Crippen LogP contribution in [0.25, 0.3) is 0 Å². The van der Waals surface area contributed by atoms with Crippen LogP contribution >= 0.6 is 11.3 Å². The molecule has 26 heavy (non-hydrogen) atoms. The number of hydrogen-bond donors (Lipinski definition) is 1. The van der Waals surface area contributed by atoms with E-state index in [0.717, 1.165) is 30.6 Å². The Morgan fingerprint density at radius 3 is 2.62 bits per heavy atom. The number of benzene rings is 1. The molecular weight excluding hydrogens is 375 g/mol. The molecule has 1 aliphatic heterocycles. The zero-order valence-electron chi connectivity index (χ0n) is 14.5. The molecule has 0 bridgehead atoms. The average molecular weight is 397 g/mol. The number of nitrogens with one attached hydrogen (secondary N) is 1. The van der Waals surface area contributed by atoms with Crippen molar-refractivity contribution in [2.24, 2.45) is 0 Å². The normalized spacial score (nSPS) is 15.8. The van der Waals surface area contributed by atoms with E-state index in [1.807, 2.05) is 0 Å². The molecule has 0 atom stereocenters. The van der Waals surface area contributed by atoms with Crippen LogP contribution in [0.3, 0.4) is 0 Å². The van der Waals surface area contributed by atoms with E-state index in [1.165, 1.54) is 10.4 Å². The number of carbonyl (C=O) groups excluding carboxylic acids is 1. The van der Waals surface area contributed by atoms with E-state index in [4.69, 9.17) is 0 Å². The van der Waals surface area contributed by atoms with Gasteiger partial charge in [-0.3, -0.25) is 4.79 Å². The molecule has 1 aromatic carbocycles. The van der Waals surface area contributed by atoms with Gasteiger partial charge in [0.15, 0.2) is 0 Å². The van der Waals surface area contributed by atoms with Gasteiger partial charge in [-0.05, 0) is 49.6 Å². The van der Waals surface area contributed by atoms with Crippen molar-refractivity contribution in [1.82, 2.24) is 4.31 Å². The predicted octanol–water partition coefficient (Wildman–Crippen LogP) is 3.55. The van der Waals surface area contributed by atoms with Gasteiger partial charge in [0.25, 0.3) is 10.0 Å². The monoisotopic (exact) mass is 396 g/mol. The standard InChI is InChI=1S/C18H21FN2O3S2/c1-13-5-6-14(11-16(13)19)20-17(22)12-15-7-8-18(25-15)26(23,24)21-9-3-2-4-10-21/h5-8,11H,2-4,9-10,12H2,1H3,(H,20,22). The van der Waals surface area contributed by atoms with Gasteiger partial charge in [-0.1, -0.05) is 12.5 Å². The van der Waals surface area contributed by atoms with Crippen LogP contribution in [0.1, 0.15) is 29.7 Å².